The number of anilines is 1. The van der Waals surface area contributed by atoms with E-state index in [0.717, 1.165) is 13.1 Å². The Morgan fingerprint density at radius 3 is 2.67 bits per heavy atom. The molecule has 18 heavy (non-hydrogen) atoms. The SMILES string of the molecule is Cc1ccc(N2CCCC(CN)C2(C)C)c(C)c1. The third-order valence-electron chi connectivity index (χ3n) is 4.56. The predicted molar refractivity (Wildman–Crippen MR) is 79.1 cm³/mol. The summed E-state index contributed by atoms with van der Waals surface area (Å²) in [6.07, 6.45) is 2.50. The van der Waals surface area contributed by atoms with Crippen LogP contribution in [0, 0.1) is 19.8 Å². The Morgan fingerprint density at radius 1 is 1.33 bits per heavy atom. The fourth-order valence-corrected chi connectivity index (χ4v) is 3.30. The summed E-state index contributed by atoms with van der Waals surface area (Å²) < 4.78 is 0. The second-order valence-corrected chi connectivity index (χ2v) is 6.17. The number of aryl methyl sites for hydroxylation is 2. The maximum atomic E-state index is 5.95. The lowest BCUT2D eigenvalue weighted by Crippen LogP contribution is -2.55. The molecule has 1 atom stereocenters. The van der Waals surface area contributed by atoms with Gasteiger partial charge in [0.15, 0.2) is 0 Å². The summed E-state index contributed by atoms with van der Waals surface area (Å²) >= 11 is 0. The molecule has 0 aliphatic carbocycles. The maximum Gasteiger partial charge on any atom is 0.0400 e. The van der Waals surface area contributed by atoms with Crippen LogP contribution >= 0.6 is 0 Å². The highest BCUT2D eigenvalue weighted by molar-refractivity contribution is 5.56. The third kappa shape index (κ3) is 2.26. The van der Waals surface area contributed by atoms with Crippen molar-refractivity contribution in [1.82, 2.24) is 0 Å². The average Bonchev–Trinajstić information content (AvgIpc) is 2.29. The van der Waals surface area contributed by atoms with E-state index in [1.807, 2.05) is 0 Å². The summed E-state index contributed by atoms with van der Waals surface area (Å²) in [7, 11) is 0. The van der Waals surface area contributed by atoms with Crippen molar-refractivity contribution in [3.63, 3.8) is 0 Å². The molecule has 0 aromatic heterocycles. The van der Waals surface area contributed by atoms with Gasteiger partial charge in [-0.25, -0.2) is 0 Å². The molecule has 2 rings (SSSR count). The first-order chi connectivity index (χ1) is 8.46. The molecule has 1 unspecified atom stereocenters. The van der Waals surface area contributed by atoms with Crippen molar-refractivity contribution < 1.29 is 0 Å². The number of nitrogens with two attached hydrogens (primary N) is 1. The number of rotatable bonds is 2. The van der Waals surface area contributed by atoms with Gasteiger partial charge in [0, 0.05) is 17.8 Å². The van der Waals surface area contributed by atoms with Gasteiger partial charge in [0.05, 0.1) is 0 Å². The fourth-order valence-electron chi connectivity index (χ4n) is 3.30. The van der Waals surface area contributed by atoms with Crippen LogP contribution in [0.25, 0.3) is 0 Å². The molecule has 0 amide bonds. The molecule has 2 nitrogen and oxygen atoms in total. The zero-order chi connectivity index (χ0) is 13.3. The van der Waals surface area contributed by atoms with E-state index in [1.54, 1.807) is 0 Å². The van der Waals surface area contributed by atoms with Gasteiger partial charge < -0.3 is 10.6 Å². The minimum Gasteiger partial charge on any atom is -0.366 e. The summed E-state index contributed by atoms with van der Waals surface area (Å²) in [4.78, 5) is 2.56. The fraction of sp³-hybridized carbons (Fsp3) is 0.625. The Kier molecular flexibility index (Phi) is 3.67. The third-order valence-corrected chi connectivity index (χ3v) is 4.56. The Bertz CT molecular complexity index is 423. The van der Waals surface area contributed by atoms with Crippen molar-refractivity contribution in [2.75, 3.05) is 18.0 Å². The highest BCUT2D eigenvalue weighted by Gasteiger charge is 2.38. The van der Waals surface area contributed by atoms with Gasteiger partial charge in [0.2, 0.25) is 0 Å². The molecule has 1 aromatic rings. The Hall–Kier alpha value is -1.02. The van der Waals surface area contributed by atoms with E-state index in [4.69, 9.17) is 5.73 Å². The van der Waals surface area contributed by atoms with Gasteiger partial charge in [-0.15, -0.1) is 0 Å². The van der Waals surface area contributed by atoms with Gasteiger partial charge in [0.25, 0.3) is 0 Å². The Balaban J connectivity index is 2.36. The number of benzene rings is 1. The van der Waals surface area contributed by atoms with Gasteiger partial charge in [-0.2, -0.15) is 0 Å². The van der Waals surface area contributed by atoms with Crippen LogP contribution in [0.15, 0.2) is 18.2 Å². The molecule has 100 valence electrons. The molecule has 1 aliphatic rings. The smallest absolute Gasteiger partial charge is 0.0400 e. The van der Waals surface area contributed by atoms with Crippen molar-refractivity contribution in [2.45, 2.75) is 46.1 Å². The zero-order valence-corrected chi connectivity index (χ0v) is 12.2. The van der Waals surface area contributed by atoms with E-state index in [-0.39, 0.29) is 5.54 Å². The van der Waals surface area contributed by atoms with E-state index < -0.39 is 0 Å². The largest absolute Gasteiger partial charge is 0.366 e. The average molecular weight is 246 g/mol. The van der Waals surface area contributed by atoms with E-state index in [2.05, 4.69) is 50.8 Å². The van der Waals surface area contributed by atoms with Gasteiger partial charge in [-0.1, -0.05) is 17.7 Å². The standard InChI is InChI=1S/C16H26N2/c1-12-7-8-15(13(2)10-12)18-9-5-6-14(11-17)16(18,3)4/h7-8,10,14H,5-6,9,11,17H2,1-4H3. The molecule has 0 spiro atoms. The first-order valence-electron chi connectivity index (χ1n) is 7.01. The van der Waals surface area contributed by atoms with Crippen molar-refractivity contribution in [2.24, 2.45) is 11.7 Å². The van der Waals surface area contributed by atoms with Gasteiger partial charge in [0.1, 0.15) is 0 Å². The number of nitrogens with zero attached hydrogens (tertiary/aromatic N) is 1. The van der Waals surface area contributed by atoms with Crippen LogP contribution in [-0.4, -0.2) is 18.6 Å². The van der Waals surface area contributed by atoms with Crippen molar-refractivity contribution in [1.29, 1.82) is 0 Å². The molecular formula is C16H26N2. The zero-order valence-electron chi connectivity index (χ0n) is 12.2. The van der Waals surface area contributed by atoms with Crippen LogP contribution in [-0.2, 0) is 0 Å². The van der Waals surface area contributed by atoms with Gasteiger partial charge >= 0.3 is 0 Å². The van der Waals surface area contributed by atoms with Crippen molar-refractivity contribution in [3.8, 4) is 0 Å². The van der Waals surface area contributed by atoms with E-state index in [9.17, 15) is 0 Å². The lowest BCUT2D eigenvalue weighted by Gasteiger charge is -2.50. The highest BCUT2D eigenvalue weighted by atomic mass is 15.2. The number of hydrogen-bond donors (Lipinski definition) is 1. The molecule has 1 fully saturated rings. The Labute approximate surface area is 111 Å². The van der Waals surface area contributed by atoms with E-state index in [1.165, 1.54) is 29.7 Å². The van der Waals surface area contributed by atoms with Crippen LogP contribution in [0.4, 0.5) is 5.69 Å². The van der Waals surface area contributed by atoms with Crippen LogP contribution < -0.4 is 10.6 Å². The van der Waals surface area contributed by atoms with E-state index >= 15 is 0 Å². The van der Waals surface area contributed by atoms with Crippen molar-refractivity contribution >= 4 is 5.69 Å². The summed E-state index contributed by atoms with van der Waals surface area (Å²) in [6.45, 7) is 11.0. The predicted octanol–water partition coefficient (Wildman–Crippen LogP) is 3.26. The number of hydrogen-bond acceptors (Lipinski definition) is 2. The molecule has 0 saturated carbocycles. The van der Waals surface area contributed by atoms with Crippen molar-refractivity contribution in [3.05, 3.63) is 29.3 Å². The summed E-state index contributed by atoms with van der Waals surface area (Å²) in [6, 6.07) is 6.76. The molecule has 2 N–H and O–H groups in total. The minimum absolute atomic E-state index is 0.160. The highest BCUT2D eigenvalue weighted by Crippen LogP contribution is 2.37. The summed E-state index contributed by atoms with van der Waals surface area (Å²) in [5, 5.41) is 0. The molecule has 2 heteroatoms. The molecule has 1 heterocycles. The van der Waals surface area contributed by atoms with Gasteiger partial charge in [-0.05, 0) is 64.6 Å². The lowest BCUT2D eigenvalue weighted by molar-refractivity contribution is 0.244. The molecular weight excluding hydrogens is 220 g/mol. The molecule has 1 saturated heterocycles. The summed E-state index contributed by atoms with van der Waals surface area (Å²) in [5.41, 5.74) is 10.2. The Morgan fingerprint density at radius 2 is 2.06 bits per heavy atom. The second-order valence-electron chi connectivity index (χ2n) is 6.17. The van der Waals surface area contributed by atoms with E-state index in [0.29, 0.717) is 5.92 Å². The maximum absolute atomic E-state index is 5.95. The molecule has 0 bridgehead atoms. The quantitative estimate of drug-likeness (QED) is 0.868. The molecule has 1 aromatic carbocycles. The summed E-state index contributed by atoms with van der Waals surface area (Å²) in [5.74, 6) is 0.590. The molecule has 1 aliphatic heterocycles. The second kappa shape index (κ2) is 4.93. The van der Waals surface area contributed by atoms with Crippen LogP contribution in [0.1, 0.15) is 37.8 Å². The first-order valence-corrected chi connectivity index (χ1v) is 7.01. The lowest BCUT2D eigenvalue weighted by atomic mass is 9.78. The van der Waals surface area contributed by atoms with Crippen LogP contribution in [0.3, 0.4) is 0 Å². The van der Waals surface area contributed by atoms with Gasteiger partial charge in [-0.3, -0.25) is 0 Å². The monoisotopic (exact) mass is 246 g/mol. The van der Waals surface area contributed by atoms with Crippen LogP contribution in [0.2, 0.25) is 0 Å². The van der Waals surface area contributed by atoms with Crippen LogP contribution in [0.5, 0.6) is 0 Å². The minimum atomic E-state index is 0.160. The topological polar surface area (TPSA) is 29.3 Å². The first kappa shape index (κ1) is 13.4. The molecule has 0 radical (unpaired) electrons. The number of piperidine rings is 1. The normalized spacial score (nSPS) is 23.2.